The summed E-state index contributed by atoms with van der Waals surface area (Å²) in [5.74, 6) is 0.293. The lowest BCUT2D eigenvalue weighted by atomic mass is 9.87. The van der Waals surface area contributed by atoms with E-state index in [-0.39, 0.29) is 12.4 Å². The summed E-state index contributed by atoms with van der Waals surface area (Å²) in [6.07, 6.45) is 6.72. The Bertz CT molecular complexity index is 582. The largest absolute Gasteiger partial charge is 0.375 e. The van der Waals surface area contributed by atoms with E-state index in [0.717, 1.165) is 37.1 Å². The Labute approximate surface area is 136 Å². The highest BCUT2D eigenvalue weighted by Crippen LogP contribution is 2.39. The van der Waals surface area contributed by atoms with Crippen molar-refractivity contribution in [2.75, 3.05) is 24.6 Å². The van der Waals surface area contributed by atoms with Crippen LogP contribution in [0.1, 0.15) is 37.0 Å². The standard InChI is InChI=1S/C13H21N3O2S2.ClH/c14-12-15-8-11(19-12)9-16-6-7-20(17,18)13(10-16)4-2-1-3-5-13;/h8H,1-7,9-10H2,(H2,14,15);1H. The number of nitrogens with two attached hydrogens (primary N) is 1. The smallest absolute Gasteiger partial charge is 0.180 e. The Hall–Kier alpha value is -0.370. The first-order valence-electron chi connectivity index (χ1n) is 7.16. The molecule has 1 aliphatic heterocycles. The third-order valence-corrected chi connectivity index (χ3v) is 7.95. The van der Waals surface area contributed by atoms with Crippen molar-refractivity contribution in [3.05, 3.63) is 11.1 Å². The summed E-state index contributed by atoms with van der Waals surface area (Å²) in [6.45, 7) is 2.07. The minimum Gasteiger partial charge on any atom is -0.375 e. The fourth-order valence-electron chi connectivity index (χ4n) is 3.47. The van der Waals surface area contributed by atoms with Crippen LogP contribution in [0.15, 0.2) is 6.20 Å². The SMILES string of the molecule is Cl.Nc1ncc(CN2CCS(=O)(=O)C3(CCCCC3)C2)s1. The Balaban J connectivity index is 0.00000161. The molecule has 0 aromatic carbocycles. The van der Waals surface area contributed by atoms with Gasteiger partial charge >= 0.3 is 0 Å². The second kappa shape index (κ2) is 6.40. The van der Waals surface area contributed by atoms with Crippen LogP contribution >= 0.6 is 23.7 Å². The van der Waals surface area contributed by atoms with Crippen molar-refractivity contribution in [1.29, 1.82) is 0 Å². The molecule has 1 saturated carbocycles. The first kappa shape index (κ1) is 17.0. The zero-order valence-corrected chi connectivity index (χ0v) is 14.4. The summed E-state index contributed by atoms with van der Waals surface area (Å²) in [5, 5.41) is 0.581. The maximum absolute atomic E-state index is 12.5. The number of thiazole rings is 1. The van der Waals surface area contributed by atoms with Gasteiger partial charge in [0.05, 0.1) is 10.5 Å². The van der Waals surface area contributed by atoms with Gasteiger partial charge in [0, 0.05) is 30.7 Å². The maximum Gasteiger partial charge on any atom is 0.180 e. The van der Waals surface area contributed by atoms with E-state index in [1.54, 1.807) is 6.20 Å². The van der Waals surface area contributed by atoms with E-state index in [2.05, 4.69) is 9.88 Å². The molecule has 0 atom stereocenters. The molecule has 2 heterocycles. The number of hydrogen-bond acceptors (Lipinski definition) is 6. The van der Waals surface area contributed by atoms with Crippen molar-refractivity contribution in [3.63, 3.8) is 0 Å². The van der Waals surface area contributed by atoms with Gasteiger partial charge in [0.25, 0.3) is 0 Å². The molecule has 0 unspecified atom stereocenters. The molecule has 1 aromatic heterocycles. The normalized spacial score (nSPS) is 24.6. The number of aromatic nitrogens is 1. The molecule has 1 aromatic rings. The van der Waals surface area contributed by atoms with Crippen molar-refractivity contribution >= 4 is 38.7 Å². The third-order valence-electron chi connectivity index (χ3n) is 4.56. The zero-order chi connectivity index (χ0) is 14.2. The van der Waals surface area contributed by atoms with Gasteiger partial charge in [0.2, 0.25) is 0 Å². The molecule has 3 rings (SSSR count). The third kappa shape index (κ3) is 3.36. The predicted molar refractivity (Wildman–Crippen MR) is 88.7 cm³/mol. The summed E-state index contributed by atoms with van der Waals surface area (Å²) >= 11 is 1.49. The van der Waals surface area contributed by atoms with Crippen LogP contribution in [0.5, 0.6) is 0 Å². The van der Waals surface area contributed by atoms with Crippen molar-refractivity contribution in [2.24, 2.45) is 0 Å². The molecular weight excluding hydrogens is 330 g/mol. The Morgan fingerprint density at radius 3 is 2.67 bits per heavy atom. The second-order valence-corrected chi connectivity index (χ2v) is 9.59. The van der Waals surface area contributed by atoms with Crippen LogP contribution in [0.25, 0.3) is 0 Å². The van der Waals surface area contributed by atoms with Crippen LogP contribution in [0.4, 0.5) is 5.13 Å². The topological polar surface area (TPSA) is 76.3 Å². The van der Waals surface area contributed by atoms with Crippen LogP contribution in [0.3, 0.4) is 0 Å². The maximum atomic E-state index is 12.5. The van der Waals surface area contributed by atoms with Gasteiger partial charge in [-0.25, -0.2) is 13.4 Å². The van der Waals surface area contributed by atoms with Gasteiger partial charge in [-0.05, 0) is 12.8 Å². The number of sulfone groups is 1. The number of anilines is 1. The molecule has 1 saturated heterocycles. The second-order valence-electron chi connectivity index (χ2n) is 5.94. The van der Waals surface area contributed by atoms with Crippen molar-refractivity contribution in [2.45, 2.75) is 43.4 Å². The highest BCUT2D eigenvalue weighted by Gasteiger charge is 2.48. The van der Waals surface area contributed by atoms with Crippen LogP contribution in [-0.2, 0) is 16.4 Å². The monoisotopic (exact) mass is 351 g/mol. The lowest BCUT2D eigenvalue weighted by Crippen LogP contribution is -2.56. The lowest BCUT2D eigenvalue weighted by molar-refractivity contribution is 0.201. The Kier molecular flexibility index (Phi) is 5.18. The average molecular weight is 352 g/mol. The van der Waals surface area contributed by atoms with Crippen molar-refractivity contribution in [3.8, 4) is 0 Å². The summed E-state index contributed by atoms with van der Waals surface area (Å²) < 4.78 is 24.5. The zero-order valence-electron chi connectivity index (χ0n) is 12.0. The van der Waals surface area contributed by atoms with Crippen LogP contribution in [-0.4, -0.2) is 41.9 Å². The molecule has 21 heavy (non-hydrogen) atoms. The van der Waals surface area contributed by atoms with Crippen LogP contribution < -0.4 is 5.73 Å². The fraction of sp³-hybridized carbons (Fsp3) is 0.769. The van der Waals surface area contributed by atoms with Gasteiger partial charge in [-0.3, -0.25) is 4.90 Å². The summed E-state index contributed by atoms with van der Waals surface area (Å²) in [6, 6.07) is 0. The average Bonchev–Trinajstić information content (AvgIpc) is 2.81. The van der Waals surface area contributed by atoms with Gasteiger partial charge in [-0.2, -0.15) is 0 Å². The highest BCUT2D eigenvalue weighted by molar-refractivity contribution is 7.92. The molecule has 2 fully saturated rings. The van der Waals surface area contributed by atoms with Crippen molar-refractivity contribution < 1.29 is 8.42 Å². The van der Waals surface area contributed by atoms with Crippen LogP contribution in [0, 0.1) is 0 Å². The number of hydrogen-bond donors (Lipinski definition) is 1. The molecule has 8 heteroatoms. The van der Waals surface area contributed by atoms with E-state index < -0.39 is 14.6 Å². The number of nitrogens with zero attached hydrogens (tertiary/aromatic N) is 2. The molecular formula is C13H22ClN3O2S2. The van der Waals surface area contributed by atoms with E-state index in [9.17, 15) is 8.42 Å². The van der Waals surface area contributed by atoms with E-state index in [4.69, 9.17) is 5.73 Å². The minimum absolute atomic E-state index is 0. The van der Waals surface area contributed by atoms with Gasteiger partial charge < -0.3 is 5.73 Å². The van der Waals surface area contributed by atoms with Gasteiger partial charge in [-0.1, -0.05) is 19.3 Å². The fourth-order valence-corrected chi connectivity index (χ4v) is 6.42. The number of halogens is 1. The summed E-state index contributed by atoms with van der Waals surface area (Å²) in [4.78, 5) is 7.45. The predicted octanol–water partition coefficient (Wildman–Crippen LogP) is 2.08. The number of rotatable bonds is 2. The quantitative estimate of drug-likeness (QED) is 0.882. The molecule has 120 valence electrons. The van der Waals surface area contributed by atoms with E-state index in [1.807, 2.05) is 0 Å². The minimum atomic E-state index is -2.94. The Morgan fingerprint density at radius 2 is 2.05 bits per heavy atom. The Morgan fingerprint density at radius 1 is 1.33 bits per heavy atom. The van der Waals surface area contributed by atoms with Crippen molar-refractivity contribution in [1.82, 2.24) is 9.88 Å². The highest BCUT2D eigenvalue weighted by atomic mass is 35.5. The molecule has 0 radical (unpaired) electrons. The van der Waals surface area contributed by atoms with Crippen LogP contribution in [0.2, 0.25) is 0 Å². The van der Waals surface area contributed by atoms with Gasteiger partial charge in [-0.15, -0.1) is 23.7 Å². The molecule has 1 aliphatic carbocycles. The summed E-state index contributed by atoms with van der Waals surface area (Å²) in [7, 11) is -2.94. The molecule has 0 bridgehead atoms. The van der Waals surface area contributed by atoms with Gasteiger partial charge in [0.1, 0.15) is 0 Å². The van der Waals surface area contributed by atoms with Gasteiger partial charge in [0.15, 0.2) is 15.0 Å². The number of nitrogen functional groups attached to an aromatic ring is 1. The molecule has 5 nitrogen and oxygen atoms in total. The van der Waals surface area contributed by atoms with E-state index >= 15 is 0 Å². The molecule has 2 N–H and O–H groups in total. The molecule has 1 spiro atoms. The lowest BCUT2D eigenvalue weighted by Gasteiger charge is -2.44. The first-order valence-corrected chi connectivity index (χ1v) is 9.63. The first-order chi connectivity index (χ1) is 9.51. The molecule has 2 aliphatic rings. The van der Waals surface area contributed by atoms with E-state index in [0.29, 0.717) is 24.0 Å². The van der Waals surface area contributed by atoms with E-state index in [1.165, 1.54) is 17.8 Å². The summed E-state index contributed by atoms with van der Waals surface area (Å²) in [5.41, 5.74) is 5.66. The molecule has 0 amide bonds.